The van der Waals surface area contributed by atoms with E-state index in [1.54, 1.807) is 13.0 Å². The van der Waals surface area contributed by atoms with Crippen LogP contribution >= 0.6 is 11.6 Å². The summed E-state index contributed by atoms with van der Waals surface area (Å²) in [4.78, 5) is 21.5. The molecule has 0 radical (unpaired) electrons. The van der Waals surface area contributed by atoms with Crippen LogP contribution in [0.15, 0.2) is 24.3 Å². The first-order chi connectivity index (χ1) is 7.97. The van der Waals surface area contributed by atoms with Crippen molar-refractivity contribution < 1.29 is 9.72 Å². The third-order valence-corrected chi connectivity index (χ3v) is 2.61. The number of nitrogens with zero attached hydrogens (tertiary/aromatic N) is 1. The number of carbonyl (C=O) groups is 1. The fraction of sp³-hybridized carbons (Fsp3) is 0.250. The lowest BCUT2D eigenvalue weighted by molar-refractivity contribution is -0.385. The minimum atomic E-state index is -0.678. The highest BCUT2D eigenvalue weighted by atomic mass is 35.5. The van der Waals surface area contributed by atoms with Crippen LogP contribution in [0.4, 0.5) is 5.69 Å². The van der Waals surface area contributed by atoms with E-state index in [0.717, 1.165) is 0 Å². The highest BCUT2D eigenvalue weighted by Crippen LogP contribution is 2.25. The fourth-order valence-corrected chi connectivity index (χ4v) is 1.75. The maximum absolute atomic E-state index is 11.1. The lowest BCUT2D eigenvalue weighted by Crippen LogP contribution is -2.01. The largest absolute Gasteiger partial charge is 0.276 e. The molecule has 4 nitrogen and oxygen atoms in total. The molecular weight excluding hydrogens is 242 g/mol. The number of allylic oxidation sites excluding steroid dienone is 2. The third kappa shape index (κ3) is 3.14. The summed E-state index contributed by atoms with van der Waals surface area (Å²) in [6.07, 6.45) is 4.11. The number of nitro benzene ring substituents is 1. The van der Waals surface area contributed by atoms with Crippen LogP contribution in [0.3, 0.4) is 0 Å². The average molecular weight is 254 g/mol. The van der Waals surface area contributed by atoms with Gasteiger partial charge in [0.05, 0.1) is 4.92 Å². The van der Waals surface area contributed by atoms with Gasteiger partial charge in [0.2, 0.25) is 0 Å². The molecule has 1 aromatic carbocycles. The molecule has 0 fully saturated rings. The molecule has 0 saturated carbocycles. The monoisotopic (exact) mass is 253 g/mol. The highest BCUT2D eigenvalue weighted by molar-refractivity contribution is 6.68. The van der Waals surface area contributed by atoms with Crippen molar-refractivity contribution in [2.24, 2.45) is 0 Å². The Morgan fingerprint density at radius 1 is 1.53 bits per heavy atom. The lowest BCUT2D eigenvalue weighted by atomic mass is 10.0. The molecule has 0 amide bonds. The lowest BCUT2D eigenvalue weighted by Gasteiger charge is -2.05. The first-order valence-electron chi connectivity index (χ1n) is 5.06. The summed E-state index contributed by atoms with van der Waals surface area (Å²) < 4.78 is 0. The van der Waals surface area contributed by atoms with Crippen LogP contribution in [0.1, 0.15) is 28.4 Å². The number of nitro groups is 1. The van der Waals surface area contributed by atoms with Crippen LogP contribution in [-0.4, -0.2) is 10.2 Å². The van der Waals surface area contributed by atoms with Crippen molar-refractivity contribution in [1.82, 2.24) is 0 Å². The van der Waals surface area contributed by atoms with Gasteiger partial charge in [-0.2, -0.15) is 0 Å². The Morgan fingerprint density at radius 3 is 2.65 bits per heavy atom. The summed E-state index contributed by atoms with van der Waals surface area (Å²) in [7, 11) is 0. The van der Waals surface area contributed by atoms with Crippen LogP contribution in [0.2, 0.25) is 0 Å². The van der Waals surface area contributed by atoms with Crippen molar-refractivity contribution in [2.75, 3.05) is 0 Å². The molecule has 0 unspecified atom stereocenters. The quantitative estimate of drug-likeness (QED) is 0.358. The molecule has 0 aliphatic carbocycles. The minimum absolute atomic E-state index is 0.0716. The summed E-state index contributed by atoms with van der Waals surface area (Å²) in [5, 5.41) is 10.2. The fourth-order valence-electron chi connectivity index (χ4n) is 1.55. The molecule has 0 spiro atoms. The molecule has 0 saturated heterocycles. The predicted molar refractivity (Wildman–Crippen MR) is 66.5 cm³/mol. The van der Waals surface area contributed by atoms with Crippen molar-refractivity contribution in [2.45, 2.75) is 20.3 Å². The van der Waals surface area contributed by atoms with E-state index in [0.29, 0.717) is 17.5 Å². The Morgan fingerprint density at radius 2 is 2.18 bits per heavy atom. The molecule has 0 heterocycles. The third-order valence-electron chi connectivity index (χ3n) is 2.41. The minimum Gasteiger partial charge on any atom is -0.276 e. The Kier molecular flexibility index (Phi) is 4.40. The van der Waals surface area contributed by atoms with Gasteiger partial charge >= 0.3 is 0 Å². The number of benzene rings is 1. The van der Waals surface area contributed by atoms with E-state index >= 15 is 0 Å². The van der Waals surface area contributed by atoms with E-state index in [-0.39, 0.29) is 11.3 Å². The van der Waals surface area contributed by atoms with E-state index in [9.17, 15) is 14.9 Å². The van der Waals surface area contributed by atoms with E-state index < -0.39 is 10.2 Å². The van der Waals surface area contributed by atoms with Crippen LogP contribution in [0.25, 0.3) is 0 Å². The number of hydrogen-bond acceptors (Lipinski definition) is 3. The second-order valence-electron chi connectivity index (χ2n) is 3.60. The van der Waals surface area contributed by atoms with Gasteiger partial charge in [-0.15, -0.1) is 0 Å². The molecule has 5 heteroatoms. The van der Waals surface area contributed by atoms with Crippen molar-refractivity contribution in [3.05, 3.63) is 51.1 Å². The second kappa shape index (κ2) is 5.59. The molecule has 0 atom stereocenters. The van der Waals surface area contributed by atoms with Gasteiger partial charge in [0.15, 0.2) is 0 Å². The smallest absolute Gasteiger partial charge is 0.273 e. The Balaban J connectivity index is 3.35. The van der Waals surface area contributed by atoms with Gasteiger partial charge in [-0.25, -0.2) is 0 Å². The van der Waals surface area contributed by atoms with Gasteiger partial charge in [0.1, 0.15) is 0 Å². The van der Waals surface area contributed by atoms with Crippen molar-refractivity contribution in [1.29, 1.82) is 0 Å². The van der Waals surface area contributed by atoms with Crippen LogP contribution in [0.5, 0.6) is 0 Å². The number of aryl methyl sites for hydroxylation is 1. The summed E-state index contributed by atoms with van der Waals surface area (Å²) in [6, 6.07) is 2.87. The second-order valence-corrected chi connectivity index (χ2v) is 3.94. The number of halogens is 1. The average Bonchev–Trinajstić information content (AvgIpc) is 2.25. The van der Waals surface area contributed by atoms with Crippen LogP contribution < -0.4 is 0 Å². The molecule has 0 aliphatic heterocycles. The summed E-state index contributed by atoms with van der Waals surface area (Å²) >= 11 is 5.37. The molecule has 0 bridgehead atoms. The Hall–Kier alpha value is -1.68. The zero-order valence-electron chi connectivity index (χ0n) is 9.57. The highest BCUT2D eigenvalue weighted by Gasteiger charge is 2.18. The number of carbonyl (C=O) groups excluding carboxylic acids is 1. The first kappa shape index (κ1) is 13.4. The topological polar surface area (TPSA) is 60.2 Å². The van der Waals surface area contributed by atoms with Gasteiger partial charge < -0.3 is 0 Å². The molecule has 90 valence electrons. The van der Waals surface area contributed by atoms with E-state index in [4.69, 9.17) is 11.6 Å². The summed E-state index contributed by atoms with van der Waals surface area (Å²) in [6.45, 7) is 3.55. The molecule has 1 aromatic rings. The summed E-state index contributed by atoms with van der Waals surface area (Å²) in [5.41, 5.74) is 1.34. The molecular formula is C12H12ClNO3. The molecule has 0 aliphatic rings. The standard InChI is InChI=1S/C12H12ClNO3/c1-3-4-5-9-6-8(2)10(12(13)15)7-11(9)14(16)17/h3-4,6-7H,5H2,1-2H3. The van der Waals surface area contributed by atoms with E-state index in [2.05, 4.69) is 0 Å². The van der Waals surface area contributed by atoms with Crippen molar-refractivity contribution in [3.8, 4) is 0 Å². The Bertz CT molecular complexity index is 495. The zero-order valence-corrected chi connectivity index (χ0v) is 10.3. The van der Waals surface area contributed by atoms with Gasteiger partial charge in [0, 0.05) is 17.2 Å². The number of hydrogen-bond donors (Lipinski definition) is 0. The molecule has 0 N–H and O–H groups in total. The predicted octanol–water partition coefficient (Wildman–Crippen LogP) is 3.40. The molecule has 17 heavy (non-hydrogen) atoms. The van der Waals surface area contributed by atoms with Crippen LogP contribution in [0, 0.1) is 17.0 Å². The first-order valence-corrected chi connectivity index (χ1v) is 5.44. The van der Waals surface area contributed by atoms with Crippen molar-refractivity contribution >= 4 is 22.5 Å². The molecule has 1 rings (SSSR count). The summed E-state index contributed by atoms with van der Waals surface area (Å²) in [5.74, 6) is 0. The van der Waals surface area contributed by atoms with E-state index in [1.165, 1.54) is 6.07 Å². The van der Waals surface area contributed by atoms with Gasteiger partial charge in [-0.05, 0) is 43.5 Å². The van der Waals surface area contributed by atoms with Crippen LogP contribution in [-0.2, 0) is 6.42 Å². The Labute approximate surface area is 104 Å². The molecule has 0 aromatic heterocycles. The van der Waals surface area contributed by atoms with Gasteiger partial charge in [-0.1, -0.05) is 12.2 Å². The van der Waals surface area contributed by atoms with Crippen molar-refractivity contribution in [3.63, 3.8) is 0 Å². The van der Waals surface area contributed by atoms with E-state index in [1.807, 2.05) is 19.1 Å². The van der Waals surface area contributed by atoms with Gasteiger partial charge in [-0.3, -0.25) is 14.9 Å². The maximum Gasteiger partial charge on any atom is 0.273 e. The SMILES string of the molecule is CC=CCc1cc(C)c(C(=O)Cl)cc1[N+](=O)[O-]. The normalized spacial score (nSPS) is 10.8. The maximum atomic E-state index is 11.1. The zero-order chi connectivity index (χ0) is 13.0. The number of rotatable bonds is 4. The van der Waals surface area contributed by atoms with Gasteiger partial charge in [0.25, 0.3) is 10.9 Å².